The summed E-state index contributed by atoms with van der Waals surface area (Å²) in [5, 5.41) is 12.3. The first kappa shape index (κ1) is 16.3. The smallest absolute Gasteiger partial charge is 0.136 e. The normalized spacial score (nSPS) is 15.5. The Morgan fingerprint density at radius 1 is 1.22 bits per heavy atom. The van der Waals surface area contributed by atoms with Crippen molar-refractivity contribution in [2.75, 3.05) is 26.3 Å². The van der Waals surface area contributed by atoms with Crippen molar-refractivity contribution in [3.05, 3.63) is 51.3 Å². The molecule has 1 aromatic heterocycles. The lowest BCUT2D eigenvalue weighted by Gasteiger charge is -2.23. The molecule has 0 saturated carbocycles. The molecule has 1 fully saturated rings. The van der Waals surface area contributed by atoms with Crippen molar-refractivity contribution in [3.8, 4) is 0 Å². The summed E-state index contributed by atoms with van der Waals surface area (Å²) >= 11 is 12.4. The van der Waals surface area contributed by atoms with Gasteiger partial charge in [-0.15, -0.1) is 0 Å². The number of hydrogen-bond acceptors (Lipinski definition) is 4. The summed E-state index contributed by atoms with van der Waals surface area (Å²) in [7, 11) is 0. The third-order valence-electron chi connectivity index (χ3n) is 3.69. The van der Waals surface area contributed by atoms with Crippen LogP contribution in [0.5, 0.6) is 0 Å². The van der Waals surface area contributed by atoms with Crippen molar-refractivity contribution in [3.63, 3.8) is 0 Å². The van der Waals surface area contributed by atoms with Gasteiger partial charge in [0.15, 0.2) is 0 Å². The van der Waals surface area contributed by atoms with E-state index in [0.29, 0.717) is 24.9 Å². The Balaban J connectivity index is 1.75. The summed E-state index contributed by atoms with van der Waals surface area (Å²) in [6.45, 7) is 5.55. The minimum absolute atomic E-state index is 0.592. The fourth-order valence-electron chi connectivity index (χ4n) is 2.39. The zero-order valence-electron chi connectivity index (χ0n) is 12.9. The number of halogens is 2. The highest BCUT2D eigenvalue weighted by Crippen LogP contribution is 2.20. The number of hydrogen-bond donors (Lipinski definition) is 0. The van der Waals surface area contributed by atoms with E-state index in [1.54, 1.807) is 10.9 Å². The molecule has 1 aliphatic rings. The molecule has 2 aromatic rings. The van der Waals surface area contributed by atoms with Gasteiger partial charge in [-0.1, -0.05) is 35.3 Å². The van der Waals surface area contributed by atoms with Gasteiger partial charge in [-0.2, -0.15) is 10.2 Å². The first-order chi connectivity index (χ1) is 11.1. The molecule has 1 saturated heterocycles. The van der Waals surface area contributed by atoms with Crippen LogP contribution in [-0.4, -0.2) is 47.3 Å². The number of benzene rings is 1. The van der Waals surface area contributed by atoms with Crippen LogP contribution >= 0.6 is 23.2 Å². The second kappa shape index (κ2) is 7.34. The van der Waals surface area contributed by atoms with Crippen LogP contribution in [0.4, 0.5) is 0 Å². The molecule has 122 valence electrons. The van der Waals surface area contributed by atoms with E-state index < -0.39 is 0 Å². The SMILES string of the molecule is Cc1nn(Cc2ccc(Cl)cc2)c(Cl)c1C=NN1CCOCC1. The topological polar surface area (TPSA) is 42.7 Å². The average Bonchev–Trinajstić information content (AvgIpc) is 2.82. The van der Waals surface area contributed by atoms with Crippen molar-refractivity contribution < 1.29 is 4.74 Å². The van der Waals surface area contributed by atoms with Crippen molar-refractivity contribution >= 4 is 29.4 Å². The van der Waals surface area contributed by atoms with Gasteiger partial charge >= 0.3 is 0 Å². The summed E-state index contributed by atoms with van der Waals surface area (Å²) in [6.07, 6.45) is 1.79. The van der Waals surface area contributed by atoms with Gasteiger partial charge in [0.2, 0.25) is 0 Å². The van der Waals surface area contributed by atoms with E-state index >= 15 is 0 Å². The number of ether oxygens (including phenoxy) is 1. The summed E-state index contributed by atoms with van der Waals surface area (Å²) in [5.74, 6) is 0. The number of aromatic nitrogens is 2. The lowest BCUT2D eigenvalue weighted by atomic mass is 10.2. The number of rotatable bonds is 4. The van der Waals surface area contributed by atoms with Gasteiger partial charge in [-0.3, -0.25) is 5.01 Å². The van der Waals surface area contributed by atoms with E-state index in [0.717, 1.165) is 34.9 Å². The maximum Gasteiger partial charge on any atom is 0.136 e. The van der Waals surface area contributed by atoms with Crippen LogP contribution in [-0.2, 0) is 11.3 Å². The molecule has 0 radical (unpaired) electrons. The lowest BCUT2D eigenvalue weighted by molar-refractivity contribution is 0.0397. The van der Waals surface area contributed by atoms with Crippen LogP contribution in [0.3, 0.4) is 0 Å². The molecule has 0 amide bonds. The molecule has 0 unspecified atom stereocenters. The maximum absolute atomic E-state index is 6.47. The Kier molecular flexibility index (Phi) is 5.20. The van der Waals surface area contributed by atoms with Gasteiger partial charge in [0, 0.05) is 5.02 Å². The largest absolute Gasteiger partial charge is 0.378 e. The third kappa shape index (κ3) is 4.05. The van der Waals surface area contributed by atoms with Gasteiger partial charge in [0.25, 0.3) is 0 Å². The van der Waals surface area contributed by atoms with Crippen molar-refractivity contribution in [2.24, 2.45) is 5.10 Å². The van der Waals surface area contributed by atoms with Gasteiger partial charge in [-0.25, -0.2) is 4.68 Å². The fraction of sp³-hybridized carbons (Fsp3) is 0.375. The lowest BCUT2D eigenvalue weighted by Crippen LogP contribution is -2.32. The van der Waals surface area contributed by atoms with E-state index in [-0.39, 0.29) is 0 Å². The van der Waals surface area contributed by atoms with Gasteiger partial charge in [0.1, 0.15) is 5.15 Å². The molecule has 1 aliphatic heterocycles. The number of morpholine rings is 1. The molecule has 1 aromatic carbocycles. The molecule has 5 nitrogen and oxygen atoms in total. The molecule has 0 N–H and O–H groups in total. The second-order valence-corrected chi connectivity index (χ2v) is 6.18. The number of hydrazone groups is 1. The van der Waals surface area contributed by atoms with Crippen LogP contribution in [0.2, 0.25) is 10.2 Å². The number of nitrogens with zero attached hydrogens (tertiary/aromatic N) is 4. The highest BCUT2D eigenvalue weighted by atomic mass is 35.5. The fourth-order valence-corrected chi connectivity index (χ4v) is 2.80. The Hall–Kier alpha value is -1.56. The highest BCUT2D eigenvalue weighted by molar-refractivity contribution is 6.32. The third-order valence-corrected chi connectivity index (χ3v) is 4.34. The van der Waals surface area contributed by atoms with E-state index in [1.807, 2.05) is 36.2 Å². The summed E-state index contributed by atoms with van der Waals surface area (Å²) in [5.41, 5.74) is 2.81. The number of aryl methyl sites for hydroxylation is 1. The van der Waals surface area contributed by atoms with Crippen molar-refractivity contribution in [1.29, 1.82) is 0 Å². The predicted octanol–water partition coefficient (Wildman–Crippen LogP) is 3.21. The molecule has 3 rings (SSSR count). The van der Waals surface area contributed by atoms with E-state index in [1.165, 1.54) is 0 Å². The Morgan fingerprint density at radius 2 is 1.91 bits per heavy atom. The molecule has 23 heavy (non-hydrogen) atoms. The zero-order chi connectivity index (χ0) is 16.2. The van der Waals surface area contributed by atoms with Crippen LogP contribution in [0, 0.1) is 6.92 Å². The molecule has 0 spiro atoms. The van der Waals surface area contributed by atoms with Gasteiger partial charge < -0.3 is 4.74 Å². The van der Waals surface area contributed by atoms with Gasteiger partial charge in [0.05, 0.1) is 50.3 Å². The Morgan fingerprint density at radius 3 is 2.61 bits per heavy atom. The van der Waals surface area contributed by atoms with E-state index in [4.69, 9.17) is 27.9 Å². The quantitative estimate of drug-likeness (QED) is 0.793. The highest BCUT2D eigenvalue weighted by Gasteiger charge is 2.13. The van der Waals surface area contributed by atoms with Gasteiger partial charge in [-0.05, 0) is 24.6 Å². The molecule has 0 aliphatic carbocycles. The van der Waals surface area contributed by atoms with Crippen LogP contribution < -0.4 is 0 Å². The monoisotopic (exact) mass is 352 g/mol. The molecule has 0 bridgehead atoms. The molecule has 2 heterocycles. The van der Waals surface area contributed by atoms with Crippen LogP contribution in [0.25, 0.3) is 0 Å². The second-order valence-electron chi connectivity index (χ2n) is 5.38. The van der Waals surface area contributed by atoms with E-state index in [2.05, 4.69) is 10.2 Å². The molecule has 7 heteroatoms. The predicted molar refractivity (Wildman–Crippen MR) is 92.5 cm³/mol. The summed E-state index contributed by atoms with van der Waals surface area (Å²) < 4.78 is 7.09. The van der Waals surface area contributed by atoms with Crippen LogP contribution in [0.15, 0.2) is 29.4 Å². The summed E-state index contributed by atoms with van der Waals surface area (Å²) in [4.78, 5) is 0. The zero-order valence-corrected chi connectivity index (χ0v) is 14.4. The Labute approximate surface area is 145 Å². The molecular formula is C16H18Cl2N4O. The van der Waals surface area contributed by atoms with Crippen molar-refractivity contribution in [2.45, 2.75) is 13.5 Å². The van der Waals surface area contributed by atoms with Crippen molar-refractivity contribution in [1.82, 2.24) is 14.8 Å². The van der Waals surface area contributed by atoms with Crippen LogP contribution in [0.1, 0.15) is 16.8 Å². The Bertz CT molecular complexity index is 691. The minimum atomic E-state index is 0.592. The molecular weight excluding hydrogens is 335 g/mol. The minimum Gasteiger partial charge on any atom is -0.378 e. The summed E-state index contributed by atoms with van der Waals surface area (Å²) in [6, 6.07) is 7.66. The standard InChI is InChI=1S/C16H18Cl2N4O/c1-12-15(10-19-21-6-8-23-9-7-21)16(18)22(20-12)11-13-2-4-14(17)5-3-13/h2-5,10H,6-9,11H2,1H3. The first-order valence-electron chi connectivity index (χ1n) is 7.47. The first-order valence-corrected chi connectivity index (χ1v) is 8.23. The maximum atomic E-state index is 6.47. The molecule has 0 atom stereocenters. The average molecular weight is 353 g/mol. The van der Waals surface area contributed by atoms with E-state index in [9.17, 15) is 0 Å².